The maximum absolute atomic E-state index is 12.0. The predicted molar refractivity (Wildman–Crippen MR) is 75.9 cm³/mol. The number of nitrogens with one attached hydrogen (secondary N) is 1. The number of benzene rings is 1. The molecule has 0 saturated heterocycles. The summed E-state index contributed by atoms with van der Waals surface area (Å²) in [7, 11) is 0. The molecule has 112 valence electrons. The summed E-state index contributed by atoms with van der Waals surface area (Å²) in [5.74, 6) is -0.708. The summed E-state index contributed by atoms with van der Waals surface area (Å²) in [5.41, 5.74) is 7.63. The van der Waals surface area contributed by atoms with Gasteiger partial charge in [-0.05, 0) is 12.1 Å². The third kappa shape index (κ3) is 4.75. The van der Waals surface area contributed by atoms with Crippen LogP contribution < -0.4 is 11.1 Å². The van der Waals surface area contributed by atoms with Crippen LogP contribution in [0.5, 0.6) is 0 Å². The van der Waals surface area contributed by atoms with Crippen LogP contribution in [0.2, 0.25) is 0 Å². The molecule has 2 aromatic rings. The van der Waals surface area contributed by atoms with Gasteiger partial charge in [-0.2, -0.15) is 13.2 Å². The topological polar surface area (TPSA) is 68.0 Å². The molecule has 3 N–H and O–H groups in total. The molecule has 1 aromatic heterocycles. The predicted octanol–water partition coefficient (Wildman–Crippen LogP) is 3.67. The zero-order chi connectivity index (χ0) is 15.5. The molecule has 0 spiro atoms. The van der Waals surface area contributed by atoms with Crippen LogP contribution in [-0.2, 0) is 4.79 Å². The van der Waals surface area contributed by atoms with E-state index in [0.717, 1.165) is 16.9 Å². The summed E-state index contributed by atoms with van der Waals surface area (Å²) in [4.78, 5) is 15.6. The van der Waals surface area contributed by atoms with Crippen LogP contribution in [-0.4, -0.2) is 17.1 Å². The van der Waals surface area contributed by atoms with E-state index in [4.69, 9.17) is 5.73 Å². The first-order valence-electron chi connectivity index (χ1n) is 6.01. The molecule has 1 amide bonds. The number of hydrogen-bond acceptors (Lipinski definition) is 4. The molecule has 2 rings (SSSR count). The van der Waals surface area contributed by atoms with Gasteiger partial charge in [0.05, 0.1) is 12.1 Å². The highest BCUT2D eigenvalue weighted by molar-refractivity contribution is 7.14. The quantitative estimate of drug-likeness (QED) is 0.846. The van der Waals surface area contributed by atoms with Crippen molar-refractivity contribution in [2.24, 2.45) is 0 Å². The van der Waals surface area contributed by atoms with Gasteiger partial charge in [0, 0.05) is 23.1 Å². The maximum atomic E-state index is 12.0. The summed E-state index contributed by atoms with van der Waals surface area (Å²) in [6, 6.07) is 7.03. The molecule has 0 aliphatic heterocycles. The molecule has 0 atom stereocenters. The Labute approximate surface area is 122 Å². The fraction of sp³-hybridized carbons (Fsp3) is 0.231. The zero-order valence-corrected chi connectivity index (χ0v) is 11.6. The van der Waals surface area contributed by atoms with Crippen molar-refractivity contribution in [3.8, 4) is 11.3 Å². The number of nitrogen functional groups attached to an aromatic ring is 1. The zero-order valence-electron chi connectivity index (χ0n) is 10.8. The minimum Gasteiger partial charge on any atom is -0.399 e. The first-order chi connectivity index (χ1) is 9.83. The number of rotatable bonds is 4. The van der Waals surface area contributed by atoms with E-state index in [1.54, 1.807) is 29.6 Å². The van der Waals surface area contributed by atoms with Crippen LogP contribution in [0.15, 0.2) is 29.6 Å². The minimum absolute atomic E-state index is 0.264. The van der Waals surface area contributed by atoms with Crippen LogP contribution in [0.1, 0.15) is 12.8 Å². The Morgan fingerprint density at radius 3 is 2.81 bits per heavy atom. The van der Waals surface area contributed by atoms with Gasteiger partial charge in [-0.3, -0.25) is 4.79 Å². The van der Waals surface area contributed by atoms with Gasteiger partial charge in [0.1, 0.15) is 0 Å². The highest BCUT2D eigenvalue weighted by Crippen LogP contribution is 2.27. The monoisotopic (exact) mass is 315 g/mol. The fourth-order valence-electron chi connectivity index (χ4n) is 1.60. The van der Waals surface area contributed by atoms with Crippen molar-refractivity contribution in [1.82, 2.24) is 4.98 Å². The average Bonchev–Trinajstić information content (AvgIpc) is 2.84. The third-order valence-electron chi connectivity index (χ3n) is 2.57. The van der Waals surface area contributed by atoms with Crippen molar-refractivity contribution in [3.05, 3.63) is 29.6 Å². The number of nitrogens with two attached hydrogens (primary N) is 1. The number of anilines is 2. The van der Waals surface area contributed by atoms with Crippen LogP contribution in [0.25, 0.3) is 11.3 Å². The van der Waals surface area contributed by atoms with E-state index in [2.05, 4.69) is 10.3 Å². The van der Waals surface area contributed by atoms with E-state index >= 15 is 0 Å². The van der Waals surface area contributed by atoms with Crippen LogP contribution in [0.4, 0.5) is 24.0 Å². The second kappa shape index (κ2) is 6.13. The lowest BCUT2D eigenvalue weighted by molar-refractivity contribution is -0.142. The molecule has 0 saturated carbocycles. The van der Waals surface area contributed by atoms with Gasteiger partial charge >= 0.3 is 6.18 Å². The lowest BCUT2D eigenvalue weighted by Crippen LogP contribution is -2.16. The molecular formula is C13H12F3N3OS. The number of halogens is 3. The number of carbonyl (C=O) groups excluding carboxylic acids is 1. The van der Waals surface area contributed by atoms with E-state index in [0.29, 0.717) is 11.4 Å². The Balaban J connectivity index is 1.99. The summed E-state index contributed by atoms with van der Waals surface area (Å²) in [6.45, 7) is 0. The van der Waals surface area contributed by atoms with Gasteiger partial charge in [-0.25, -0.2) is 4.98 Å². The van der Waals surface area contributed by atoms with E-state index in [1.165, 1.54) is 0 Å². The van der Waals surface area contributed by atoms with E-state index < -0.39 is 24.9 Å². The van der Waals surface area contributed by atoms with Crippen LogP contribution in [0.3, 0.4) is 0 Å². The second-order valence-electron chi connectivity index (χ2n) is 4.33. The van der Waals surface area contributed by atoms with Crippen molar-refractivity contribution in [2.45, 2.75) is 19.0 Å². The first-order valence-corrected chi connectivity index (χ1v) is 6.89. The van der Waals surface area contributed by atoms with E-state index in [1.807, 2.05) is 0 Å². The number of amides is 1. The van der Waals surface area contributed by atoms with Crippen molar-refractivity contribution < 1.29 is 18.0 Å². The maximum Gasteiger partial charge on any atom is 0.389 e. The van der Waals surface area contributed by atoms with Crippen molar-refractivity contribution >= 4 is 28.1 Å². The summed E-state index contributed by atoms with van der Waals surface area (Å²) < 4.78 is 36.0. The van der Waals surface area contributed by atoms with Crippen molar-refractivity contribution in [2.75, 3.05) is 11.1 Å². The average molecular weight is 315 g/mol. The highest BCUT2D eigenvalue weighted by Gasteiger charge is 2.28. The van der Waals surface area contributed by atoms with Crippen LogP contribution in [0, 0.1) is 0 Å². The fourth-order valence-corrected chi connectivity index (χ4v) is 2.33. The standard InChI is InChI=1S/C13H12F3N3OS/c14-13(15,16)5-4-11(20)19-12-18-10(7-21-12)8-2-1-3-9(17)6-8/h1-3,6-7H,4-5,17H2,(H,18,19,20). The van der Waals surface area contributed by atoms with Crippen molar-refractivity contribution in [1.29, 1.82) is 0 Å². The lowest BCUT2D eigenvalue weighted by Gasteiger charge is -2.05. The van der Waals surface area contributed by atoms with Gasteiger partial charge in [-0.1, -0.05) is 12.1 Å². The molecule has 0 fully saturated rings. The normalized spacial score (nSPS) is 11.4. The molecule has 1 aromatic carbocycles. The van der Waals surface area contributed by atoms with Crippen LogP contribution >= 0.6 is 11.3 Å². The van der Waals surface area contributed by atoms with Gasteiger partial charge in [-0.15, -0.1) is 11.3 Å². The molecule has 0 aliphatic carbocycles. The summed E-state index contributed by atoms with van der Waals surface area (Å²) in [6.07, 6.45) is -6.10. The van der Waals surface area contributed by atoms with E-state index in [9.17, 15) is 18.0 Å². The Kier molecular flexibility index (Phi) is 4.46. The molecule has 0 bridgehead atoms. The molecular weight excluding hydrogens is 303 g/mol. The summed E-state index contributed by atoms with van der Waals surface area (Å²) in [5, 5.41) is 4.32. The largest absolute Gasteiger partial charge is 0.399 e. The number of hydrogen-bond donors (Lipinski definition) is 2. The second-order valence-corrected chi connectivity index (χ2v) is 5.18. The highest BCUT2D eigenvalue weighted by atomic mass is 32.1. The molecule has 1 heterocycles. The Hall–Kier alpha value is -2.09. The number of aromatic nitrogens is 1. The number of thiazole rings is 1. The van der Waals surface area contributed by atoms with Gasteiger partial charge in [0.25, 0.3) is 0 Å². The van der Waals surface area contributed by atoms with Gasteiger partial charge < -0.3 is 11.1 Å². The molecule has 4 nitrogen and oxygen atoms in total. The molecule has 21 heavy (non-hydrogen) atoms. The lowest BCUT2D eigenvalue weighted by atomic mass is 10.1. The number of nitrogens with zero attached hydrogens (tertiary/aromatic N) is 1. The number of alkyl halides is 3. The minimum atomic E-state index is -4.34. The molecule has 0 radical (unpaired) electrons. The third-order valence-corrected chi connectivity index (χ3v) is 3.33. The first kappa shape index (κ1) is 15.3. The van der Waals surface area contributed by atoms with Crippen molar-refractivity contribution in [3.63, 3.8) is 0 Å². The smallest absolute Gasteiger partial charge is 0.389 e. The van der Waals surface area contributed by atoms with E-state index in [-0.39, 0.29) is 5.13 Å². The Bertz CT molecular complexity index is 640. The summed E-state index contributed by atoms with van der Waals surface area (Å²) >= 11 is 1.15. The molecule has 8 heteroatoms. The molecule has 0 aliphatic rings. The Morgan fingerprint density at radius 1 is 1.38 bits per heavy atom. The number of carbonyl (C=O) groups is 1. The SMILES string of the molecule is Nc1cccc(-c2csc(NC(=O)CCC(F)(F)F)n2)c1. The van der Waals surface area contributed by atoms with Gasteiger partial charge in [0.15, 0.2) is 5.13 Å². The van der Waals surface area contributed by atoms with Gasteiger partial charge in [0.2, 0.25) is 5.91 Å². The molecule has 0 unspecified atom stereocenters. The Morgan fingerprint density at radius 2 is 2.14 bits per heavy atom.